The first-order chi connectivity index (χ1) is 25.8. The van der Waals surface area contributed by atoms with Crippen molar-refractivity contribution in [2.75, 3.05) is 41.5 Å². The van der Waals surface area contributed by atoms with E-state index in [-0.39, 0.29) is 24.0 Å². The fraction of sp³-hybridized carbons (Fsp3) is 0.302. The van der Waals surface area contributed by atoms with Crippen molar-refractivity contribution < 1.29 is 29.0 Å². The number of nitrogens with one attached hydrogen (secondary N) is 1. The summed E-state index contributed by atoms with van der Waals surface area (Å²) in [4.78, 5) is 62.4. The molecule has 53 heavy (non-hydrogen) atoms. The van der Waals surface area contributed by atoms with Crippen molar-refractivity contribution in [1.29, 1.82) is 0 Å². The summed E-state index contributed by atoms with van der Waals surface area (Å²) in [6.07, 6.45) is 2.56. The van der Waals surface area contributed by atoms with Crippen LogP contribution in [-0.2, 0) is 29.3 Å². The van der Waals surface area contributed by atoms with Gasteiger partial charge in [-0.3, -0.25) is 29.5 Å². The van der Waals surface area contributed by atoms with Gasteiger partial charge in [0.05, 0.1) is 47.8 Å². The van der Waals surface area contributed by atoms with E-state index in [2.05, 4.69) is 10.3 Å². The van der Waals surface area contributed by atoms with Gasteiger partial charge in [-0.15, -0.1) is 0 Å². The lowest BCUT2D eigenvalue weighted by Gasteiger charge is -2.50. The van der Waals surface area contributed by atoms with Crippen molar-refractivity contribution in [2.45, 2.75) is 31.1 Å². The van der Waals surface area contributed by atoms with E-state index in [4.69, 9.17) is 4.74 Å². The molecular weight excluding hydrogens is 668 g/mol. The lowest BCUT2D eigenvalue weighted by molar-refractivity contribution is -0.138. The van der Waals surface area contributed by atoms with Crippen LogP contribution >= 0.6 is 0 Å². The number of carbonyl (C=O) groups excluding carboxylic acids is 4. The van der Waals surface area contributed by atoms with Gasteiger partial charge in [-0.05, 0) is 85.3 Å². The van der Waals surface area contributed by atoms with Crippen molar-refractivity contribution in [3.63, 3.8) is 0 Å². The van der Waals surface area contributed by atoms with E-state index in [9.17, 15) is 19.5 Å². The third-order valence-corrected chi connectivity index (χ3v) is 12.1. The zero-order valence-electron chi connectivity index (χ0n) is 29.4. The van der Waals surface area contributed by atoms with Gasteiger partial charge in [0.15, 0.2) is 0 Å². The summed E-state index contributed by atoms with van der Waals surface area (Å²) >= 11 is 0. The summed E-state index contributed by atoms with van der Waals surface area (Å²) in [5, 5.41) is 12.0. The van der Waals surface area contributed by atoms with E-state index in [1.165, 1.54) is 4.90 Å². The smallest absolute Gasteiger partial charge is 0.260 e. The molecule has 2 aliphatic carbocycles. The minimum Gasteiger partial charge on any atom is -0.508 e. The average Bonchev–Trinajstić information content (AvgIpc) is 3.57. The Labute approximate surface area is 307 Å². The number of allylic oxidation sites excluding steroid dienone is 2. The second-order valence-electron chi connectivity index (χ2n) is 14.8. The fourth-order valence-electron chi connectivity index (χ4n) is 9.72. The highest BCUT2D eigenvalue weighted by Gasteiger charge is 2.70. The van der Waals surface area contributed by atoms with Crippen molar-refractivity contribution >= 4 is 40.7 Å². The van der Waals surface area contributed by atoms with Crippen molar-refractivity contribution in [2.24, 2.45) is 23.7 Å². The van der Waals surface area contributed by atoms with Gasteiger partial charge in [0.2, 0.25) is 11.8 Å². The van der Waals surface area contributed by atoms with Crippen LogP contribution in [0.3, 0.4) is 0 Å². The van der Waals surface area contributed by atoms with E-state index in [0.717, 1.165) is 34.9 Å². The van der Waals surface area contributed by atoms with E-state index in [1.54, 1.807) is 18.2 Å². The zero-order valence-corrected chi connectivity index (χ0v) is 29.4. The van der Waals surface area contributed by atoms with E-state index >= 15 is 4.79 Å². The van der Waals surface area contributed by atoms with Crippen LogP contribution in [0.5, 0.6) is 5.75 Å². The third kappa shape index (κ3) is 5.10. The first kappa shape index (κ1) is 33.1. The quantitative estimate of drug-likeness (QED) is 0.193. The molecule has 268 valence electrons. The van der Waals surface area contributed by atoms with Crippen molar-refractivity contribution in [3.05, 3.63) is 131 Å². The number of fused-ring (bicyclic) bond motifs is 4. The van der Waals surface area contributed by atoms with Gasteiger partial charge in [-0.2, -0.15) is 5.01 Å². The van der Waals surface area contributed by atoms with Crippen LogP contribution in [0.15, 0.2) is 115 Å². The summed E-state index contributed by atoms with van der Waals surface area (Å²) in [6, 6.07) is 31.3. The van der Waals surface area contributed by atoms with E-state index in [0.29, 0.717) is 42.1 Å². The maximum Gasteiger partial charge on any atom is 0.260 e. The van der Waals surface area contributed by atoms with Crippen LogP contribution in [0.4, 0.5) is 17.1 Å². The first-order valence-corrected chi connectivity index (χ1v) is 18.3. The number of anilines is 3. The molecule has 0 radical (unpaired) electrons. The van der Waals surface area contributed by atoms with Gasteiger partial charge >= 0.3 is 0 Å². The minimum absolute atomic E-state index is 0.0314. The number of phenols is 1. The number of carbonyl (C=O) groups is 4. The molecule has 6 atom stereocenters. The largest absolute Gasteiger partial charge is 0.508 e. The topological polar surface area (TPSA) is 119 Å². The number of nitrogens with zero attached hydrogens (tertiary/aromatic N) is 3. The van der Waals surface area contributed by atoms with Crippen molar-refractivity contribution in [3.8, 4) is 5.75 Å². The van der Waals surface area contributed by atoms with Crippen LogP contribution < -0.4 is 15.2 Å². The standard InChI is InChI=1S/C43H40N4O6/c1-26-10-12-29(13-11-26)44-47-40(50)36-25-35-33(38(27-6-5-9-32(48)24-27)43(36,42(47)52)28-7-3-2-4-8-28)18-19-34-37(35)41(51)46(39(34)49)31-16-14-30(15-17-31)45-20-22-53-23-21-45/h2-18,24,34-38,44,48H,19-23,25H2,1H3. The van der Waals surface area contributed by atoms with Gasteiger partial charge in [0, 0.05) is 24.7 Å². The molecule has 0 aromatic heterocycles. The number of amides is 4. The fourth-order valence-corrected chi connectivity index (χ4v) is 9.72. The van der Waals surface area contributed by atoms with Crippen LogP contribution in [0, 0.1) is 30.6 Å². The molecule has 4 amide bonds. The Balaban J connectivity index is 1.15. The highest BCUT2D eigenvalue weighted by molar-refractivity contribution is 6.22. The van der Waals surface area contributed by atoms with Crippen molar-refractivity contribution in [1.82, 2.24) is 5.01 Å². The zero-order chi connectivity index (χ0) is 36.4. The molecule has 0 spiro atoms. The highest BCUT2D eigenvalue weighted by atomic mass is 16.5. The number of aromatic hydroxyl groups is 1. The Morgan fingerprint density at radius 2 is 1.49 bits per heavy atom. The van der Waals surface area contributed by atoms with Crippen LogP contribution in [-0.4, -0.2) is 60.0 Å². The van der Waals surface area contributed by atoms with Crippen LogP contribution in [0.1, 0.15) is 35.4 Å². The Morgan fingerprint density at radius 1 is 0.774 bits per heavy atom. The maximum absolute atomic E-state index is 15.2. The molecule has 5 aliphatic rings. The number of ether oxygens (including phenoxy) is 1. The molecule has 2 N–H and O–H groups in total. The Kier molecular flexibility index (Phi) is 7.96. The normalized spacial score (nSPS) is 28.1. The summed E-state index contributed by atoms with van der Waals surface area (Å²) in [7, 11) is 0. The summed E-state index contributed by atoms with van der Waals surface area (Å²) in [6.45, 7) is 4.80. The molecule has 6 unspecified atom stereocenters. The van der Waals surface area contributed by atoms with Crippen LogP contribution in [0.25, 0.3) is 0 Å². The number of hydrogen-bond acceptors (Lipinski definition) is 8. The average molecular weight is 709 g/mol. The lowest BCUT2D eigenvalue weighted by Crippen LogP contribution is -2.53. The number of hydrogen-bond donors (Lipinski definition) is 2. The SMILES string of the molecule is Cc1ccc(NN2C(=O)C3CC4C(=CCC5C(=O)N(c6ccc(N7CCOCC7)cc6)C(=O)C54)C(c4cccc(O)c4)C3(c3ccccc3)C2=O)cc1. The summed E-state index contributed by atoms with van der Waals surface area (Å²) < 4.78 is 5.50. The number of phenolic OH excluding ortho intramolecular Hbond substituents is 1. The Morgan fingerprint density at radius 3 is 2.21 bits per heavy atom. The molecule has 3 saturated heterocycles. The number of hydrazine groups is 1. The predicted octanol–water partition coefficient (Wildman–Crippen LogP) is 5.73. The number of aryl methyl sites for hydroxylation is 1. The summed E-state index contributed by atoms with van der Waals surface area (Å²) in [5.74, 6) is -4.67. The van der Waals surface area contributed by atoms with E-state index < -0.39 is 46.8 Å². The molecule has 10 nitrogen and oxygen atoms in total. The molecular formula is C43H40N4O6. The van der Waals surface area contributed by atoms with Gasteiger partial charge in [0.25, 0.3) is 11.8 Å². The van der Waals surface area contributed by atoms with Gasteiger partial charge in [-0.25, -0.2) is 0 Å². The number of imide groups is 2. The maximum atomic E-state index is 15.2. The van der Waals surface area contributed by atoms with Gasteiger partial charge in [0.1, 0.15) is 5.75 Å². The third-order valence-electron chi connectivity index (χ3n) is 12.1. The van der Waals surface area contributed by atoms with Gasteiger partial charge in [-0.1, -0.05) is 71.8 Å². The minimum atomic E-state index is -1.39. The number of rotatable bonds is 6. The molecule has 4 aromatic carbocycles. The molecule has 10 heteroatoms. The lowest BCUT2D eigenvalue weighted by atomic mass is 9.49. The van der Waals surface area contributed by atoms with Gasteiger partial charge < -0.3 is 14.7 Å². The number of morpholine rings is 1. The molecule has 3 aliphatic heterocycles. The molecule has 3 heterocycles. The van der Waals surface area contributed by atoms with Crippen LogP contribution in [0.2, 0.25) is 0 Å². The second-order valence-corrected chi connectivity index (χ2v) is 14.8. The monoisotopic (exact) mass is 708 g/mol. The Hall–Kier alpha value is -5.74. The molecule has 1 saturated carbocycles. The number of benzene rings is 4. The summed E-state index contributed by atoms with van der Waals surface area (Å²) in [5.41, 5.74) is 7.09. The first-order valence-electron chi connectivity index (χ1n) is 18.3. The Bertz CT molecular complexity index is 2150. The van der Waals surface area contributed by atoms with E-state index in [1.807, 2.05) is 97.9 Å². The molecule has 4 aromatic rings. The highest BCUT2D eigenvalue weighted by Crippen LogP contribution is 2.64. The second kappa shape index (κ2) is 12.7. The predicted molar refractivity (Wildman–Crippen MR) is 199 cm³/mol. The molecule has 4 fully saturated rings. The molecule has 0 bridgehead atoms. The molecule has 9 rings (SSSR count).